The van der Waals surface area contributed by atoms with Crippen LogP contribution < -0.4 is 0 Å². The Kier molecular flexibility index (Phi) is 5.36. The maximum absolute atomic E-state index is 11.9. The van der Waals surface area contributed by atoms with Gasteiger partial charge in [0.1, 0.15) is 5.60 Å². The highest BCUT2D eigenvalue weighted by atomic mass is 16.3. The van der Waals surface area contributed by atoms with E-state index in [9.17, 15) is 5.11 Å². The lowest BCUT2D eigenvalue weighted by atomic mass is 9.85. The summed E-state index contributed by atoms with van der Waals surface area (Å²) in [5.41, 5.74) is 2.99. The summed E-state index contributed by atoms with van der Waals surface area (Å²) in [7, 11) is 0. The summed E-state index contributed by atoms with van der Waals surface area (Å²) in [5.74, 6) is 0. The molecule has 1 unspecified atom stereocenters. The Labute approximate surface area is 165 Å². The number of imidazole rings is 1. The predicted octanol–water partition coefficient (Wildman–Crippen LogP) is 4.80. The molecule has 0 aliphatic carbocycles. The van der Waals surface area contributed by atoms with Gasteiger partial charge in [0.25, 0.3) is 0 Å². The fourth-order valence-corrected chi connectivity index (χ4v) is 3.68. The first kappa shape index (κ1) is 18.2. The topological polar surface area (TPSA) is 38.1 Å². The summed E-state index contributed by atoms with van der Waals surface area (Å²) < 4.78 is 2.05. The zero-order chi connectivity index (χ0) is 19.2. The fourth-order valence-electron chi connectivity index (χ4n) is 3.68. The Hall–Kier alpha value is -3.17. The third-order valence-electron chi connectivity index (χ3n) is 5.20. The van der Waals surface area contributed by atoms with Gasteiger partial charge in [-0.1, -0.05) is 91.0 Å². The highest BCUT2D eigenvalue weighted by Gasteiger charge is 2.34. The molecule has 0 spiro atoms. The average molecular weight is 368 g/mol. The second kappa shape index (κ2) is 8.24. The van der Waals surface area contributed by atoms with Crippen LogP contribution >= 0.6 is 0 Å². The number of rotatable bonds is 7. The second-order valence-corrected chi connectivity index (χ2v) is 7.10. The molecule has 4 rings (SSSR count). The standard InChI is InChI=1S/C25H24N2O/c28-25(23-14-8-3-9-15-23,17-16-21-10-4-1-5-11-21)24-18-26-20-27(24)19-22-12-6-2-7-13-22/h1-15,18,20,28H,16-17,19H2. The molecule has 0 aliphatic heterocycles. The summed E-state index contributed by atoms with van der Waals surface area (Å²) in [6.07, 6.45) is 4.96. The minimum atomic E-state index is -1.11. The van der Waals surface area contributed by atoms with E-state index in [1.54, 1.807) is 12.5 Å². The van der Waals surface area contributed by atoms with Crippen molar-refractivity contribution < 1.29 is 5.11 Å². The summed E-state index contributed by atoms with van der Waals surface area (Å²) in [5, 5.41) is 11.9. The Morgan fingerprint density at radius 2 is 1.32 bits per heavy atom. The molecule has 0 aliphatic rings. The number of benzene rings is 3. The van der Waals surface area contributed by atoms with Gasteiger partial charge in [0.15, 0.2) is 0 Å². The molecule has 28 heavy (non-hydrogen) atoms. The maximum atomic E-state index is 11.9. The van der Waals surface area contributed by atoms with Crippen molar-refractivity contribution in [2.24, 2.45) is 0 Å². The molecule has 3 heteroatoms. The van der Waals surface area contributed by atoms with Gasteiger partial charge >= 0.3 is 0 Å². The number of nitrogens with zero attached hydrogens (tertiary/aromatic N) is 2. The quantitative estimate of drug-likeness (QED) is 0.509. The molecule has 4 aromatic rings. The Bertz CT molecular complexity index is 996. The van der Waals surface area contributed by atoms with Gasteiger partial charge in [0.05, 0.1) is 18.2 Å². The molecule has 0 fully saturated rings. The number of aromatic nitrogens is 2. The first-order valence-corrected chi connectivity index (χ1v) is 9.62. The number of aliphatic hydroxyl groups is 1. The molecular formula is C25H24N2O. The SMILES string of the molecule is OC(CCc1ccccc1)(c1ccccc1)c1cncn1Cc1ccccc1. The molecule has 3 nitrogen and oxygen atoms in total. The average Bonchev–Trinajstić information content (AvgIpc) is 3.23. The van der Waals surface area contributed by atoms with Gasteiger partial charge in [-0.25, -0.2) is 4.98 Å². The van der Waals surface area contributed by atoms with Crippen LogP contribution in [0.1, 0.15) is 28.8 Å². The molecule has 1 heterocycles. The third kappa shape index (κ3) is 3.90. The van der Waals surface area contributed by atoms with Crippen LogP contribution in [0.25, 0.3) is 0 Å². The molecule has 0 saturated carbocycles. The van der Waals surface area contributed by atoms with Crippen molar-refractivity contribution in [1.82, 2.24) is 9.55 Å². The molecule has 0 amide bonds. The van der Waals surface area contributed by atoms with Gasteiger partial charge in [0.2, 0.25) is 0 Å². The number of aryl methyl sites for hydroxylation is 1. The van der Waals surface area contributed by atoms with Gasteiger partial charge < -0.3 is 9.67 Å². The highest BCUT2D eigenvalue weighted by molar-refractivity contribution is 5.33. The van der Waals surface area contributed by atoms with E-state index in [1.807, 2.05) is 71.3 Å². The summed E-state index contributed by atoms with van der Waals surface area (Å²) in [6, 6.07) is 30.5. The van der Waals surface area contributed by atoms with Crippen molar-refractivity contribution in [2.75, 3.05) is 0 Å². The van der Waals surface area contributed by atoms with E-state index in [-0.39, 0.29) is 0 Å². The van der Waals surface area contributed by atoms with E-state index in [0.717, 1.165) is 17.7 Å². The van der Waals surface area contributed by atoms with Gasteiger partial charge in [0, 0.05) is 6.54 Å². The zero-order valence-corrected chi connectivity index (χ0v) is 15.8. The lowest BCUT2D eigenvalue weighted by Crippen LogP contribution is -2.31. The van der Waals surface area contributed by atoms with Gasteiger partial charge in [-0.05, 0) is 29.5 Å². The fraction of sp³-hybridized carbons (Fsp3) is 0.160. The lowest BCUT2D eigenvalue weighted by molar-refractivity contribution is 0.0632. The van der Waals surface area contributed by atoms with E-state index in [0.29, 0.717) is 13.0 Å². The van der Waals surface area contributed by atoms with Gasteiger partial charge in [-0.3, -0.25) is 0 Å². The molecule has 0 radical (unpaired) electrons. The van der Waals surface area contributed by atoms with Crippen LogP contribution in [0.5, 0.6) is 0 Å². The van der Waals surface area contributed by atoms with Crippen molar-refractivity contribution in [3.05, 3.63) is 126 Å². The lowest BCUT2D eigenvalue weighted by Gasteiger charge is -2.30. The normalized spacial score (nSPS) is 13.2. The van der Waals surface area contributed by atoms with Gasteiger partial charge in [-0.2, -0.15) is 0 Å². The molecule has 1 N–H and O–H groups in total. The van der Waals surface area contributed by atoms with Crippen LogP contribution in [0.3, 0.4) is 0 Å². The third-order valence-corrected chi connectivity index (χ3v) is 5.20. The van der Waals surface area contributed by atoms with Crippen LogP contribution in [-0.2, 0) is 18.6 Å². The maximum Gasteiger partial charge on any atom is 0.131 e. The first-order valence-electron chi connectivity index (χ1n) is 9.62. The Balaban J connectivity index is 1.69. The van der Waals surface area contributed by atoms with Crippen LogP contribution in [0.2, 0.25) is 0 Å². The largest absolute Gasteiger partial charge is 0.379 e. The molecule has 0 saturated heterocycles. The van der Waals surface area contributed by atoms with E-state index >= 15 is 0 Å². The highest BCUT2D eigenvalue weighted by Crippen LogP contribution is 2.34. The smallest absolute Gasteiger partial charge is 0.131 e. The van der Waals surface area contributed by atoms with Crippen molar-refractivity contribution in [3.63, 3.8) is 0 Å². The van der Waals surface area contributed by atoms with Crippen molar-refractivity contribution in [2.45, 2.75) is 25.0 Å². The number of hydrogen-bond acceptors (Lipinski definition) is 2. The van der Waals surface area contributed by atoms with E-state index in [1.165, 1.54) is 11.1 Å². The number of hydrogen-bond donors (Lipinski definition) is 1. The molecule has 1 atom stereocenters. The molecule has 1 aromatic heterocycles. The first-order chi connectivity index (χ1) is 13.8. The molecular weight excluding hydrogens is 344 g/mol. The molecule has 140 valence electrons. The van der Waals surface area contributed by atoms with E-state index in [2.05, 4.69) is 29.2 Å². The zero-order valence-electron chi connectivity index (χ0n) is 15.8. The molecule has 0 bridgehead atoms. The predicted molar refractivity (Wildman–Crippen MR) is 112 cm³/mol. The second-order valence-electron chi connectivity index (χ2n) is 7.10. The van der Waals surface area contributed by atoms with Gasteiger partial charge in [-0.15, -0.1) is 0 Å². The minimum absolute atomic E-state index is 0.585. The van der Waals surface area contributed by atoms with Crippen molar-refractivity contribution in [1.29, 1.82) is 0 Å². The van der Waals surface area contributed by atoms with E-state index in [4.69, 9.17) is 0 Å². The van der Waals surface area contributed by atoms with Crippen LogP contribution in [0, 0.1) is 0 Å². The summed E-state index contributed by atoms with van der Waals surface area (Å²) in [6.45, 7) is 0.677. The van der Waals surface area contributed by atoms with Crippen LogP contribution in [0.15, 0.2) is 104 Å². The van der Waals surface area contributed by atoms with Crippen molar-refractivity contribution >= 4 is 0 Å². The van der Waals surface area contributed by atoms with Crippen LogP contribution in [-0.4, -0.2) is 14.7 Å². The minimum Gasteiger partial charge on any atom is -0.379 e. The van der Waals surface area contributed by atoms with Crippen molar-refractivity contribution in [3.8, 4) is 0 Å². The molecule has 3 aromatic carbocycles. The van der Waals surface area contributed by atoms with Crippen LogP contribution in [0.4, 0.5) is 0 Å². The summed E-state index contributed by atoms with van der Waals surface area (Å²) in [4.78, 5) is 4.37. The Morgan fingerprint density at radius 3 is 1.96 bits per heavy atom. The Morgan fingerprint density at radius 1 is 0.750 bits per heavy atom. The summed E-state index contributed by atoms with van der Waals surface area (Å²) >= 11 is 0. The van der Waals surface area contributed by atoms with E-state index < -0.39 is 5.60 Å². The monoisotopic (exact) mass is 368 g/mol.